The SMILES string of the molecule is C[N+]([O-])(CCCl)CCCl.[Cl-]. The Bertz CT molecular complexity index is 71.3. The fraction of sp³-hybridized carbons (Fsp3) is 1.00. The molecule has 64 valence electrons. The molecule has 0 rings (SSSR count). The van der Waals surface area contributed by atoms with Gasteiger partial charge in [0.05, 0.1) is 31.9 Å². The quantitative estimate of drug-likeness (QED) is 0.310. The highest BCUT2D eigenvalue weighted by molar-refractivity contribution is 6.18. The first kappa shape index (κ1) is 13.4. The first-order valence-electron chi connectivity index (χ1n) is 2.80. The van der Waals surface area contributed by atoms with E-state index < -0.39 is 0 Å². The number of alkyl halides is 2. The second-order valence-electron chi connectivity index (χ2n) is 2.12. The zero-order valence-corrected chi connectivity index (χ0v) is 8.09. The summed E-state index contributed by atoms with van der Waals surface area (Å²) in [5.74, 6) is 0.799. The first-order valence-corrected chi connectivity index (χ1v) is 3.87. The molecular formula is C5H11Cl3NO-. The first-order chi connectivity index (χ1) is 4.12. The Balaban J connectivity index is 0. The lowest BCUT2D eigenvalue weighted by molar-refractivity contribution is -0.855. The summed E-state index contributed by atoms with van der Waals surface area (Å²) >= 11 is 10.7. The van der Waals surface area contributed by atoms with Crippen molar-refractivity contribution in [1.29, 1.82) is 0 Å². The van der Waals surface area contributed by atoms with Crippen LogP contribution in [-0.2, 0) is 0 Å². The van der Waals surface area contributed by atoms with Crippen molar-refractivity contribution in [3.63, 3.8) is 0 Å². The molecule has 0 aliphatic rings. The van der Waals surface area contributed by atoms with Gasteiger partial charge in [-0.1, -0.05) is 0 Å². The van der Waals surface area contributed by atoms with Gasteiger partial charge in [0.25, 0.3) is 0 Å². The highest BCUT2D eigenvalue weighted by atomic mass is 35.5. The molecule has 5 heteroatoms. The molecule has 0 bridgehead atoms. The summed E-state index contributed by atoms with van der Waals surface area (Å²) in [5.41, 5.74) is 0. The Morgan fingerprint density at radius 2 is 1.50 bits per heavy atom. The molecule has 0 aliphatic carbocycles. The highest BCUT2D eigenvalue weighted by Gasteiger charge is 2.06. The summed E-state index contributed by atoms with van der Waals surface area (Å²) < 4.78 is -0.326. The third-order valence-electron chi connectivity index (χ3n) is 1.12. The van der Waals surface area contributed by atoms with E-state index in [1.54, 1.807) is 7.05 Å². The summed E-state index contributed by atoms with van der Waals surface area (Å²) in [7, 11) is 1.57. The topological polar surface area (TPSA) is 23.1 Å². The van der Waals surface area contributed by atoms with Gasteiger partial charge in [0.1, 0.15) is 0 Å². The van der Waals surface area contributed by atoms with Crippen LogP contribution in [0.3, 0.4) is 0 Å². The molecule has 0 aliphatic heterocycles. The fourth-order valence-electron chi connectivity index (χ4n) is 0.469. The Labute approximate surface area is 77.7 Å². The van der Waals surface area contributed by atoms with Crippen molar-refractivity contribution in [2.24, 2.45) is 0 Å². The predicted molar refractivity (Wildman–Crippen MR) is 40.7 cm³/mol. The van der Waals surface area contributed by atoms with Crippen molar-refractivity contribution in [3.05, 3.63) is 5.21 Å². The lowest BCUT2D eigenvalue weighted by Crippen LogP contribution is -3.00. The van der Waals surface area contributed by atoms with Crippen molar-refractivity contribution in [1.82, 2.24) is 0 Å². The molecule has 0 aromatic carbocycles. The van der Waals surface area contributed by atoms with Gasteiger partial charge in [-0.25, -0.2) is 0 Å². The van der Waals surface area contributed by atoms with Crippen LogP contribution in [0.25, 0.3) is 0 Å². The molecule has 0 atom stereocenters. The van der Waals surface area contributed by atoms with Crippen LogP contribution in [0.15, 0.2) is 0 Å². The van der Waals surface area contributed by atoms with E-state index in [4.69, 9.17) is 23.2 Å². The van der Waals surface area contributed by atoms with Crippen molar-refractivity contribution < 1.29 is 17.1 Å². The molecule has 0 fully saturated rings. The number of halogens is 3. The third-order valence-corrected chi connectivity index (χ3v) is 1.45. The second kappa shape index (κ2) is 6.50. The van der Waals surface area contributed by atoms with Crippen LogP contribution < -0.4 is 12.4 Å². The van der Waals surface area contributed by atoms with Gasteiger partial charge in [-0.2, -0.15) is 0 Å². The van der Waals surface area contributed by atoms with Crippen LogP contribution in [0.4, 0.5) is 0 Å². The van der Waals surface area contributed by atoms with Crippen molar-refractivity contribution in [2.75, 3.05) is 31.9 Å². The minimum atomic E-state index is -0.326. The highest BCUT2D eigenvalue weighted by Crippen LogP contribution is 1.99. The van der Waals surface area contributed by atoms with E-state index in [-0.39, 0.29) is 17.1 Å². The molecule has 0 aromatic heterocycles. The Hall–Kier alpha value is 0.790. The van der Waals surface area contributed by atoms with Crippen LogP contribution >= 0.6 is 23.2 Å². The van der Waals surface area contributed by atoms with Gasteiger partial charge in [0.15, 0.2) is 0 Å². The van der Waals surface area contributed by atoms with Crippen LogP contribution in [-0.4, -0.2) is 36.5 Å². The largest absolute Gasteiger partial charge is 1.00 e. The predicted octanol–water partition coefficient (Wildman–Crippen LogP) is -1.59. The monoisotopic (exact) mass is 206 g/mol. The van der Waals surface area contributed by atoms with E-state index in [2.05, 4.69) is 0 Å². The minimum Gasteiger partial charge on any atom is -1.00 e. The normalized spacial score (nSPS) is 10.8. The molecule has 0 heterocycles. The zero-order chi connectivity index (χ0) is 7.33. The molecule has 0 N–H and O–H groups in total. The second-order valence-corrected chi connectivity index (χ2v) is 2.88. The average Bonchev–Trinajstić information content (AvgIpc) is 1.64. The van der Waals surface area contributed by atoms with E-state index >= 15 is 0 Å². The number of hydroxylamine groups is 3. The number of quaternary nitrogens is 1. The van der Waals surface area contributed by atoms with Crippen molar-refractivity contribution in [3.8, 4) is 0 Å². The molecule has 10 heavy (non-hydrogen) atoms. The number of rotatable bonds is 4. The maximum atomic E-state index is 11.1. The molecule has 0 unspecified atom stereocenters. The summed E-state index contributed by atoms with van der Waals surface area (Å²) in [5, 5.41) is 11.1. The van der Waals surface area contributed by atoms with Crippen molar-refractivity contribution in [2.45, 2.75) is 0 Å². The van der Waals surface area contributed by atoms with Gasteiger partial charge in [0.2, 0.25) is 0 Å². The van der Waals surface area contributed by atoms with Crippen LogP contribution in [0.2, 0.25) is 0 Å². The summed E-state index contributed by atoms with van der Waals surface area (Å²) in [6, 6.07) is 0. The lowest BCUT2D eigenvalue weighted by Gasteiger charge is -2.37. The fourth-order valence-corrected chi connectivity index (χ4v) is 1.18. The molecule has 0 saturated heterocycles. The third kappa shape index (κ3) is 6.90. The molecule has 0 aromatic rings. The Morgan fingerprint density at radius 1 is 1.20 bits per heavy atom. The van der Waals surface area contributed by atoms with Crippen LogP contribution in [0.1, 0.15) is 0 Å². The van der Waals surface area contributed by atoms with Gasteiger partial charge < -0.3 is 22.3 Å². The maximum Gasteiger partial charge on any atom is 0.0919 e. The van der Waals surface area contributed by atoms with Crippen molar-refractivity contribution >= 4 is 23.2 Å². The van der Waals surface area contributed by atoms with Gasteiger partial charge in [-0.3, -0.25) is 0 Å². The van der Waals surface area contributed by atoms with E-state index in [0.29, 0.717) is 24.8 Å². The Kier molecular flexibility index (Phi) is 8.70. The molecule has 0 radical (unpaired) electrons. The molecule has 0 amide bonds. The van der Waals surface area contributed by atoms with Crippen LogP contribution in [0.5, 0.6) is 0 Å². The molecule has 0 spiro atoms. The summed E-state index contributed by atoms with van der Waals surface area (Å²) in [4.78, 5) is 0. The van der Waals surface area contributed by atoms with E-state index in [1.807, 2.05) is 0 Å². The number of nitrogens with zero attached hydrogens (tertiary/aromatic N) is 1. The van der Waals surface area contributed by atoms with Gasteiger partial charge in [0, 0.05) is 0 Å². The Morgan fingerprint density at radius 3 is 1.70 bits per heavy atom. The summed E-state index contributed by atoms with van der Waals surface area (Å²) in [6.07, 6.45) is 0. The van der Waals surface area contributed by atoms with Gasteiger partial charge in [-0.05, 0) is 0 Å². The van der Waals surface area contributed by atoms with E-state index in [0.717, 1.165) is 0 Å². The molecule has 2 nitrogen and oxygen atoms in total. The van der Waals surface area contributed by atoms with E-state index in [9.17, 15) is 5.21 Å². The summed E-state index contributed by atoms with van der Waals surface area (Å²) in [6.45, 7) is 0.878. The minimum absolute atomic E-state index is 0. The van der Waals surface area contributed by atoms with Crippen LogP contribution in [0, 0.1) is 5.21 Å². The molecule has 0 saturated carbocycles. The lowest BCUT2D eigenvalue weighted by atomic mass is 10.5. The number of hydrogen-bond donors (Lipinski definition) is 0. The van der Waals surface area contributed by atoms with Gasteiger partial charge in [-0.15, -0.1) is 23.2 Å². The van der Waals surface area contributed by atoms with E-state index in [1.165, 1.54) is 0 Å². The van der Waals surface area contributed by atoms with Gasteiger partial charge >= 0.3 is 0 Å². The smallest absolute Gasteiger partial charge is 0.0919 e. The average molecular weight is 208 g/mol. The maximum absolute atomic E-state index is 11.1. The number of hydrogen-bond acceptors (Lipinski definition) is 1. The zero-order valence-electron chi connectivity index (χ0n) is 5.82. The standard InChI is InChI=1S/C5H11Cl2NO.ClH/c1-8(9,4-2-6)5-3-7;/h2-5H2,1H3;1H/p-1. The molecular weight excluding hydrogens is 196 g/mol.